The van der Waals surface area contributed by atoms with Gasteiger partial charge in [-0.1, -0.05) is 30.3 Å². The summed E-state index contributed by atoms with van der Waals surface area (Å²) in [6.45, 7) is 1.86. The van der Waals surface area contributed by atoms with Crippen LogP contribution in [0.2, 0.25) is 0 Å². The SMILES string of the molecule is CC(=O)c1cccc(S(=O)(=O)N2CCC(N3CC(=O)N(c4ccccc4)C3=O)CC2)c1. The second-order valence-corrected chi connectivity index (χ2v) is 9.63. The molecule has 31 heavy (non-hydrogen) atoms. The maximum atomic E-state index is 13.0. The van der Waals surface area contributed by atoms with Crippen LogP contribution in [0.5, 0.6) is 0 Å². The van der Waals surface area contributed by atoms with E-state index in [-0.39, 0.29) is 48.3 Å². The number of benzene rings is 2. The summed E-state index contributed by atoms with van der Waals surface area (Å²) >= 11 is 0. The molecule has 0 bridgehead atoms. The number of sulfonamides is 1. The molecule has 2 saturated heterocycles. The summed E-state index contributed by atoms with van der Waals surface area (Å²) in [6.07, 6.45) is 0.876. The summed E-state index contributed by atoms with van der Waals surface area (Å²) in [5.41, 5.74) is 0.878. The summed E-state index contributed by atoms with van der Waals surface area (Å²) in [4.78, 5) is 39.7. The van der Waals surface area contributed by atoms with Crippen LogP contribution in [0.1, 0.15) is 30.1 Å². The summed E-state index contributed by atoms with van der Waals surface area (Å²) in [5.74, 6) is -0.483. The quantitative estimate of drug-likeness (QED) is 0.525. The van der Waals surface area contributed by atoms with Gasteiger partial charge in [-0.25, -0.2) is 18.1 Å². The lowest BCUT2D eigenvalue weighted by Crippen LogP contribution is -2.48. The molecule has 2 aliphatic heterocycles. The minimum absolute atomic E-state index is 0.00813. The third-order valence-corrected chi connectivity index (χ3v) is 7.64. The number of amides is 3. The number of piperidine rings is 1. The predicted octanol–water partition coefficient (Wildman–Crippen LogP) is 2.51. The first kappa shape index (κ1) is 21.2. The summed E-state index contributed by atoms with van der Waals surface area (Å²) in [7, 11) is -3.74. The van der Waals surface area contributed by atoms with Crippen molar-refractivity contribution < 1.29 is 22.8 Å². The third-order valence-electron chi connectivity index (χ3n) is 5.75. The number of rotatable bonds is 5. The summed E-state index contributed by atoms with van der Waals surface area (Å²) in [5, 5.41) is 0. The van der Waals surface area contributed by atoms with Gasteiger partial charge in [0.2, 0.25) is 10.0 Å². The molecular formula is C22H23N3O5S. The highest BCUT2D eigenvalue weighted by molar-refractivity contribution is 7.89. The molecule has 0 unspecified atom stereocenters. The number of hydrogen-bond donors (Lipinski definition) is 0. The molecule has 2 heterocycles. The Kier molecular flexibility index (Phi) is 5.63. The van der Waals surface area contributed by atoms with Gasteiger partial charge in [-0.2, -0.15) is 4.31 Å². The van der Waals surface area contributed by atoms with Gasteiger partial charge in [0, 0.05) is 24.7 Å². The van der Waals surface area contributed by atoms with E-state index in [1.165, 1.54) is 33.2 Å². The van der Waals surface area contributed by atoms with Gasteiger partial charge < -0.3 is 4.90 Å². The molecular weight excluding hydrogens is 418 g/mol. The van der Waals surface area contributed by atoms with Gasteiger partial charge in [0.05, 0.1) is 10.6 Å². The maximum absolute atomic E-state index is 13.0. The van der Waals surface area contributed by atoms with E-state index in [0.29, 0.717) is 24.1 Å². The van der Waals surface area contributed by atoms with Crippen molar-refractivity contribution in [2.24, 2.45) is 0 Å². The Morgan fingerprint density at radius 2 is 1.65 bits per heavy atom. The molecule has 8 nitrogen and oxygen atoms in total. The third kappa shape index (κ3) is 3.98. The molecule has 9 heteroatoms. The van der Waals surface area contributed by atoms with Gasteiger partial charge in [-0.05, 0) is 44.0 Å². The van der Waals surface area contributed by atoms with Crippen LogP contribution in [-0.4, -0.2) is 61.0 Å². The topological polar surface area (TPSA) is 95.1 Å². The smallest absolute Gasteiger partial charge is 0.312 e. The van der Waals surface area contributed by atoms with Crippen LogP contribution in [0.3, 0.4) is 0 Å². The van der Waals surface area contributed by atoms with Crippen LogP contribution in [-0.2, 0) is 14.8 Å². The first-order valence-corrected chi connectivity index (χ1v) is 11.5. The van der Waals surface area contributed by atoms with Gasteiger partial charge in [0.15, 0.2) is 5.78 Å². The van der Waals surface area contributed by atoms with Gasteiger partial charge in [-0.15, -0.1) is 0 Å². The Bertz CT molecular complexity index is 1120. The Morgan fingerprint density at radius 1 is 0.968 bits per heavy atom. The number of anilines is 1. The molecule has 2 fully saturated rings. The zero-order chi connectivity index (χ0) is 22.2. The second kappa shape index (κ2) is 8.24. The Labute approximate surface area is 181 Å². The molecule has 0 radical (unpaired) electrons. The number of imide groups is 1. The molecule has 162 valence electrons. The molecule has 0 aliphatic carbocycles. The lowest BCUT2D eigenvalue weighted by molar-refractivity contribution is -0.116. The number of Topliss-reactive ketones (excluding diaryl/α,β-unsaturated/α-hetero) is 1. The minimum Gasteiger partial charge on any atom is -0.312 e. The largest absolute Gasteiger partial charge is 0.332 e. The predicted molar refractivity (Wildman–Crippen MR) is 114 cm³/mol. The number of nitrogens with zero attached hydrogens (tertiary/aromatic N) is 3. The fraction of sp³-hybridized carbons (Fsp3) is 0.318. The maximum Gasteiger partial charge on any atom is 0.332 e. The van der Waals surface area contributed by atoms with Crippen LogP contribution in [0.4, 0.5) is 10.5 Å². The number of urea groups is 1. The molecule has 3 amide bonds. The van der Waals surface area contributed by atoms with Crippen molar-refractivity contribution in [1.29, 1.82) is 0 Å². The van der Waals surface area contributed by atoms with E-state index in [2.05, 4.69) is 0 Å². The number of para-hydroxylation sites is 1. The molecule has 2 aliphatic rings. The van der Waals surface area contributed by atoms with Crippen molar-refractivity contribution in [3.63, 3.8) is 0 Å². The second-order valence-electron chi connectivity index (χ2n) is 7.69. The fourth-order valence-corrected chi connectivity index (χ4v) is 5.57. The average molecular weight is 442 g/mol. The Hall–Kier alpha value is -3.04. The zero-order valence-electron chi connectivity index (χ0n) is 17.1. The van der Waals surface area contributed by atoms with E-state index >= 15 is 0 Å². The number of carbonyl (C=O) groups is 3. The number of ketones is 1. The van der Waals surface area contributed by atoms with Crippen molar-refractivity contribution in [3.8, 4) is 0 Å². The monoisotopic (exact) mass is 441 g/mol. The molecule has 0 atom stereocenters. The van der Waals surface area contributed by atoms with Gasteiger partial charge >= 0.3 is 6.03 Å². The van der Waals surface area contributed by atoms with E-state index in [1.54, 1.807) is 36.4 Å². The standard InChI is InChI=1S/C22H23N3O5S/c1-16(26)17-6-5-9-20(14-17)31(29,30)23-12-10-18(11-13-23)24-15-21(27)25(22(24)28)19-7-3-2-4-8-19/h2-9,14,18H,10-13,15H2,1H3. The number of carbonyl (C=O) groups excluding carboxylic acids is 3. The van der Waals surface area contributed by atoms with Crippen molar-refractivity contribution in [2.45, 2.75) is 30.7 Å². The molecule has 4 rings (SSSR count). The Morgan fingerprint density at radius 3 is 2.29 bits per heavy atom. The van der Waals surface area contributed by atoms with Crippen molar-refractivity contribution in [1.82, 2.24) is 9.21 Å². The first-order valence-electron chi connectivity index (χ1n) is 10.1. The van der Waals surface area contributed by atoms with Crippen LogP contribution in [0.15, 0.2) is 59.5 Å². The van der Waals surface area contributed by atoms with Crippen molar-refractivity contribution in [2.75, 3.05) is 24.5 Å². The lowest BCUT2D eigenvalue weighted by Gasteiger charge is -2.35. The van der Waals surface area contributed by atoms with Crippen LogP contribution < -0.4 is 4.90 Å². The molecule has 0 aromatic heterocycles. The molecule has 0 saturated carbocycles. The number of hydrogen-bond acceptors (Lipinski definition) is 5. The van der Waals surface area contributed by atoms with Crippen molar-refractivity contribution >= 4 is 33.4 Å². The molecule has 0 spiro atoms. The van der Waals surface area contributed by atoms with Crippen LogP contribution in [0.25, 0.3) is 0 Å². The minimum atomic E-state index is -3.74. The summed E-state index contributed by atoms with van der Waals surface area (Å²) in [6, 6.07) is 14.2. The highest BCUT2D eigenvalue weighted by Crippen LogP contribution is 2.28. The first-order chi connectivity index (χ1) is 14.8. The van der Waals surface area contributed by atoms with E-state index in [0.717, 1.165) is 0 Å². The Balaban J connectivity index is 1.45. The average Bonchev–Trinajstić information content (AvgIpc) is 3.08. The zero-order valence-corrected chi connectivity index (χ0v) is 17.9. The van der Waals surface area contributed by atoms with Gasteiger partial charge in [-0.3, -0.25) is 9.59 Å². The molecule has 2 aromatic carbocycles. The van der Waals surface area contributed by atoms with Gasteiger partial charge in [0.25, 0.3) is 5.91 Å². The van der Waals surface area contributed by atoms with E-state index in [4.69, 9.17) is 0 Å². The van der Waals surface area contributed by atoms with Crippen LogP contribution >= 0.6 is 0 Å². The van der Waals surface area contributed by atoms with Gasteiger partial charge in [0.1, 0.15) is 6.54 Å². The highest BCUT2D eigenvalue weighted by atomic mass is 32.2. The fourth-order valence-electron chi connectivity index (χ4n) is 4.05. The van der Waals surface area contributed by atoms with E-state index in [9.17, 15) is 22.8 Å². The molecule has 0 N–H and O–H groups in total. The van der Waals surface area contributed by atoms with E-state index < -0.39 is 10.0 Å². The summed E-state index contributed by atoms with van der Waals surface area (Å²) < 4.78 is 27.4. The van der Waals surface area contributed by atoms with E-state index in [1.807, 2.05) is 6.07 Å². The normalized spacial score (nSPS) is 18.6. The van der Waals surface area contributed by atoms with Crippen LogP contribution in [0, 0.1) is 0 Å². The molecule has 2 aromatic rings. The van der Waals surface area contributed by atoms with Crippen molar-refractivity contribution in [3.05, 3.63) is 60.2 Å². The lowest BCUT2D eigenvalue weighted by atomic mass is 10.1. The highest BCUT2D eigenvalue weighted by Gasteiger charge is 2.42.